The van der Waals surface area contributed by atoms with Gasteiger partial charge in [-0.3, -0.25) is 4.72 Å². The van der Waals surface area contributed by atoms with E-state index in [0.717, 1.165) is 11.3 Å². The van der Waals surface area contributed by atoms with Gasteiger partial charge in [0.25, 0.3) is 10.0 Å². The van der Waals surface area contributed by atoms with E-state index in [1.165, 1.54) is 11.4 Å². The molecule has 21 heavy (non-hydrogen) atoms. The summed E-state index contributed by atoms with van der Waals surface area (Å²) in [6.07, 6.45) is -4.70. The minimum atomic E-state index is -4.70. The zero-order valence-corrected chi connectivity index (χ0v) is 13.1. The molecule has 0 spiro atoms. The number of sulfonamides is 1. The van der Waals surface area contributed by atoms with Gasteiger partial charge in [-0.15, -0.1) is 11.3 Å². The Morgan fingerprint density at radius 3 is 2.38 bits per heavy atom. The van der Waals surface area contributed by atoms with E-state index >= 15 is 0 Å². The zero-order chi connectivity index (χ0) is 15.8. The largest absolute Gasteiger partial charge is 0.416 e. The maximum Gasteiger partial charge on any atom is 0.416 e. The van der Waals surface area contributed by atoms with Crippen molar-refractivity contribution >= 4 is 43.0 Å². The molecule has 0 fully saturated rings. The molecule has 0 saturated carbocycles. The highest BCUT2D eigenvalue weighted by atomic mass is 79.9. The molecule has 1 heterocycles. The maximum absolute atomic E-state index is 13.5. The Morgan fingerprint density at radius 2 is 1.86 bits per heavy atom. The van der Waals surface area contributed by atoms with E-state index < -0.39 is 33.3 Å². The number of hydrogen-bond acceptors (Lipinski definition) is 3. The van der Waals surface area contributed by atoms with Crippen molar-refractivity contribution in [3.8, 4) is 0 Å². The number of rotatable bonds is 3. The fourth-order valence-corrected chi connectivity index (χ4v) is 4.84. The van der Waals surface area contributed by atoms with Gasteiger partial charge in [-0.05, 0) is 45.6 Å². The molecule has 10 heteroatoms. The number of thiophene rings is 1. The van der Waals surface area contributed by atoms with E-state index in [9.17, 15) is 26.0 Å². The summed E-state index contributed by atoms with van der Waals surface area (Å²) in [5.41, 5.74) is -1.91. The molecule has 0 bridgehead atoms. The van der Waals surface area contributed by atoms with Crippen LogP contribution in [0.15, 0.2) is 38.3 Å². The van der Waals surface area contributed by atoms with Crippen molar-refractivity contribution in [1.29, 1.82) is 0 Å². The highest BCUT2D eigenvalue weighted by Gasteiger charge is 2.32. The third kappa shape index (κ3) is 3.55. The lowest BCUT2D eigenvalue weighted by Gasteiger charge is -2.11. The van der Waals surface area contributed by atoms with Gasteiger partial charge in [-0.25, -0.2) is 12.8 Å². The number of alkyl halides is 3. The molecule has 2 aromatic rings. The quantitative estimate of drug-likeness (QED) is 0.768. The summed E-state index contributed by atoms with van der Waals surface area (Å²) in [5.74, 6) is -1.10. The van der Waals surface area contributed by atoms with Gasteiger partial charge in [-0.2, -0.15) is 13.2 Å². The Labute approximate surface area is 129 Å². The molecule has 0 aliphatic carbocycles. The van der Waals surface area contributed by atoms with E-state index in [-0.39, 0.29) is 8.68 Å². The van der Waals surface area contributed by atoms with E-state index in [2.05, 4.69) is 15.9 Å². The van der Waals surface area contributed by atoms with Crippen molar-refractivity contribution in [2.24, 2.45) is 0 Å². The fourth-order valence-electron chi connectivity index (χ4n) is 1.44. The summed E-state index contributed by atoms with van der Waals surface area (Å²) in [6.45, 7) is 0. The minimum absolute atomic E-state index is 0.153. The molecule has 0 aliphatic heterocycles. The van der Waals surface area contributed by atoms with Crippen molar-refractivity contribution in [1.82, 2.24) is 0 Å². The molecule has 3 nitrogen and oxygen atoms in total. The monoisotopic (exact) mass is 403 g/mol. The van der Waals surface area contributed by atoms with Gasteiger partial charge >= 0.3 is 6.18 Å². The van der Waals surface area contributed by atoms with Crippen LogP contribution < -0.4 is 4.72 Å². The first-order valence-electron chi connectivity index (χ1n) is 5.24. The van der Waals surface area contributed by atoms with Crippen LogP contribution in [-0.4, -0.2) is 8.42 Å². The van der Waals surface area contributed by atoms with Gasteiger partial charge in [0.15, 0.2) is 4.21 Å². The van der Waals surface area contributed by atoms with Crippen LogP contribution in [0.5, 0.6) is 0 Å². The topological polar surface area (TPSA) is 46.2 Å². The fraction of sp³-hybridized carbons (Fsp3) is 0.0909. The lowest BCUT2D eigenvalue weighted by Crippen LogP contribution is -2.14. The van der Waals surface area contributed by atoms with Crippen molar-refractivity contribution in [2.45, 2.75) is 10.4 Å². The zero-order valence-electron chi connectivity index (χ0n) is 9.91. The molecule has 114 valence electrons. The number of hydrogen-bond donors (Lipinski definition) is 1. The molecule has 0 amide bonds. The number of nitrogens with one attached hydrogen (secondary N) is 1. The second-order valence-corrected chi connectivity index (χ2v) is 7.50. The summed E-state index contributed by atoms with van der Waals surface area (Å²) < 4.78 is 77.2. The molecule has 0 radical (unpaired) electrons. The summed E-state index contributed by atoms with van der Waals surface area (Å²) in [5, 5.41) is 1.47. The van der Waals surface area contributed by atoms with Crippen molar-refractivity contribution in [3.05, 3.63) is 45.5 Å². The van der Waals surface area contributed by atoms with Gasteiger partial charge in [0.05, 0.1) is 11.3 Å². The molecular formula is C11H6BrF4NO2S2. The average molecular weight is 404 g/mol. The number of benzene rings is 1. The van der Waals surface area contributed by atoms with Crippen LogP contribution >= 0.6 is 27.3 Å². The first kappa shape index (κ1) is 16.2. The van der Waals surface area contributed by atoms with Crippen LogP contribution in [0.1, 0.15) is 5.56 Å². The minimum Gasteiger partial charge on any atom is -0.276 e. The Morgan fingerprint density at radius 1 is 1.19 bits per heavy atom. The molecule has 0 unspecified atom stereocenters. The van der Waals surface area contributed by atoms with Gasteiger partial charge in [0, 0.05) is 4.47 Å². The maximum atomic E-state index is 13.5. The standard InChI is InChI=1S/C11H6BrF4NO2S2/c12-7-3-4-20-10(7)21(18,19)17-9-5-6(11(14,15)16)1-2-8(9)13/h1-5,17H. The third-order valence-corrected chi connectivity index (χ3v) is 6.40. The van der Waals surface area contributed by atoms with Gasteiger partial charge in [0.1, 0.15) is 5.82 Å². The second-order valence-electron chi connectivity index (χ2n) is 3.85. The van der Waals surface area contributed by atoms with Gasteiger partial charge in [0.2, 0.25) is 0 Å². The predicted octanol–water partition coefficient (Wildman–Crippen LogP) is 4.47. The second kappa shape index (κ2) is 5.58. The highest BCUT2D eigenvalue weighted by molar-refractivity contribution is 9.10. The van der Waals surface area contributed by atoms with Crippen molar-refractivity contribution < 1.29 is 26.0 Å². The third-order valence-electron chi connectivity index (χ3n) is 2.37. The van der Waals surface area contributed by atoms with Crippen LogP contribution in [0, 0.1) is 5.82 Å². The molecule has 1 aromatic carbocycles. The molecule has 0 saturated heterocycles. The van der Waals surface area contributed by atoms with Crippen LogP contribution in [0.4, 0.5) is 23.2 Å². The van der Waals surface area contributed by atoms with Crippen molar-refractivity contribution in [3.63, 3.8) is 0 Å². The van der Waals surface area contributed by atoms with E-state index in [1.54, 1.807) is 0 Å². The lowest BCUT2D eigenvalue weighted by molar-refractivity contribution is -0.137. The van der Waals surface area contributed by atoms with E-state index in [4.69, 9.17) is 0 Å². The van der Waals surface area contributed by atoms with Crippen LogP contribution in [0.3, 0.4) is 0 Å². The van der Waals surface area contributed by atoms with Crippen LogP contribution in [0.2, 0.25) is 0 Å². The molecule has 0 aliphatic rings. The Hall–Kier alpha value is -1.13. The van der Waals surface area contributed by atoms with Gasteiger partial charge < -0.3 is 0 Å². The Balaban J connectivity index is 2.42. The normalized spacial score (nSPS) is 12.4. The Bertz CT molecular complexity index is 771. The summed E-state index contributed by atoms with van der Waals surface area (Å²) in [4.78, 5) is 0. The molecular weight excluding hydrogens is 398 g/mol. The number of anilines is 1. The lowest BCUT2D eigenvalue weighted by atomic mass is 10.2. The number of halogens is 5. The Kier molecular flexibility index (Phi) is 4.31. The average Bonchev–Trinajstić information content (AvgIpc) is 2.77. The van der Waals surface area contributed by atoms with Crippen LogP contribution in [-0.2, 0) is 16.2 Å². The van der Waals surface area contributed by atoms with E-state index in [0.29, 0.717) is 18.2 Å². The first-order chi connectivity index (χ1) is 9.61. The SMILES string of the molecule is O=S(=O)(Nc1cc(C(F)(F)F)ccc1F)c1sccc1Br. The van der Waals surface area contributed by atoms with Gasteiger partial charge in [-0.1, -0.05) is 0 Å². The van der Waals surface area contributed by atoms with E-state index in [1.807, 2.05) is 4.72 Å². The molecule has 1 N–H and O–H groups in total. The molecule has 0 atom stereocenters. The summed E-state index contributed by atoms with van der Waals surface area (Å²) >= 11 is 3.85. The summed E-state index contributed by atoms with van der Waals surface area (Å²) in [6, 6.07) is 2.97. The summed E-state index contributed by atoms with van der Waals surface area (Å²) in [7, 11) is -4.17. The predicted molar refractivity (Wildman–Crippen MR) is 74.2 cm³/mol. The smallest absolute Gasteiger partial charge is 0.276 e. The van der Waals surface area contributed by atoms with Crippen molar-refractivity contribution in [2.75, 3.05) is 4.72 Å². The molecule has 2 rings (SSSR count). The first-order valence-corrected chi connectivity index (χ1v) is 8.39. The van der Waals surface area contributed by atoms with Crippen LogP contribution in [0.25, 0.3) is 0 Å². The molecule has 1 aromatic heterocycles. The highest BCUT2D eigenvalue weighted by Crippen LogP contribution is 2.34.